The minimum atomic E-state index is -0.363. The van der Waals surface area contributed by atoms with Crippen LogP contribution in [0.2, 0.25) is 0 Å². The molecule has 0 radical (unpaired) electrons. The van der Waals surface area contributed by atoms with E-state index in [0.29, 0.717) is 16.9 Å². The van der Waals surface area contributed by atoms with Gasteiger partial charge in [0.1, 0.15) is 5.75 Å². The number of carbonyl (C=O) groups is 2. The Kier molecular flexibility index (Phi) is 9.83. The van der Waals surface area contributed by atoms with E-state index in [2.05, 4.69) is 42.1 Å². The van der Waals surface area contributed by atoms with Crippen molar-refractivity contribution >= 4 is 61.8 Å². The molecule has 5 aromatic rings. The second-order valence-corrected chi connectivity index (χ2v) is 11.8. The van der Waals surface area contributed by atoms with Gasteiger partial charge in [0.15, 0.2) is 11.7 Å². The van der Waals surface area contributed by atoms with Gasteiger partial charge in [-0.3, -0.25) is 9.59 Å². The lowest BCUT2D eigenvalue weighted by molar-refractivity contribution is -0.118. The number of thiazole rings is 1. The molecule has 4 aromatic carbocycles. The third-order valence-electron chi connectivity index (χ3n) is 6.83. The van der Waals surface area contributed by atoms with Crippen molar-refractivity contribution in [3.05, 3.63) is 123 Å². The number of aryl methyl sites for hydroxylation is 2. The molecule has 8 nitrogen and oxygen atoms in total. The van der Waals surface area contributed by atoms with Crippen LogP contribution in [0.5, 0.6) is 5.75 Å². The first kappa shape index (κ1) is 30.7. The van der Waals surface area contributed by atoms with Gasteiger partial charge in [-0.05, 0) is 80.4 Å². The molecule has 10 heteroatoms. The summed E-state index contributed by atoms with van der Waals surface area (Å²) in [6.45, 7) is 5.82. The third kappa shape index (κ3) is 7.97. The Balaban J connectivity index is 1.17. The van der Waals surface area contributed by atoms with Gasteiger partial charge in [0.2, 0.25) is 0 Å². The first-order chi connectivity index (χ1) is 21.2. The Morgan fingerprint density at radius 2 is 1.75 bits per heavy atom. The SMILES string of the molecule is Cc1ccc(Nc2nc(-c3ccc(C(=O)N/N=C/c4cc(Br)ccc4OCC(=O)Nc4cccc(C)c4C)cc3)cs2)cc1. The highest BCUT2D eigenvalue weighted by Gasteiger charge is 2.11. The number of nitrogens with one attached hydrogen (secondary N) is 3. The van der Waals surface area contributed by atoms with Crippen LogP contribution in [0.4, 0.5) is 16.5 Å². The lowest BCUT2D eigenvalue weighted by atomic mass is 10.1. The van der Waals surface area contributed by atoms with Crippen LogP contribution >= 0.6 is 27.3 Å². The molecule has 0 saturated heterocycles. The summed E-state index contributed by atoms with van der Waals surface area (Å²) < 4.78 is 6.59. The summed E-state index contributed by atoms with van der Waals surface area (Å²) in [5.74, 6) is -0.193. The fraction of sp³-hybridized carbons (Fsp3) is 0.118. The van der Waals surface area contributed by atoms with E-state index in [4.69, 9.17) is 4.74 Å². The summed E-state index contributed by atoms with van der Waals surface area (Å²) in [6.07, 6.45) is 1.48. The number of amides is 2. The van der Waals surface area contributed by atoms with E-state index in [1.807, 2.05) is 80.7 Å². The largest absolute Gasteiger partial charge is 0.483 e. The number of carbonyl (C=O) groups excluding carboxylic acids is 2. The third-order valence-corrected chi connectivity index (χ3v) is 8.08. The number of rotatable bonds is 10. The first-order valence-electron chi connectivity index (χ1n) is 13.8. The summed E-state index contributed by atoms with van der Waals surface area (Å²) in [5, 5.41) is 13.1. The fourth-order valence-electron chi connectivity index (χ4n) is 4.21. The molecule has 3 N–H and O–H groups in total. The number of hydrogen-bond acceptors (Lipinski definition) is 7. The van der Waals surface area contributed by atoms with Crippen LogP contribution in [-0.4, -0.2) is 29.6 Å². The number of hydrogen-bond donors (Lipinski definition) is 3. The van der Waals surface area contributed by atoms with Crippen LogP contribution in [0.15, 0.2) is 99.9 Å². The second-order valence-electron chi connectivity index (χ2n) is 10.1. The topological polar surface area (TPSA) is 105 Å². The Labute approximate surface area is 268 Å². The number of anilines is 3. The Bertz CT molecular complexity index is 1820. The van der Waals surface area contributed by atoms with Crippen molar-refractivity contribution in [2.75, 3.05) is 17.2 Å². The van der Waals surface area contributed by atoms with Gasteiger partial charge in [-0.15, -0.1) is 11.3 Å². The van der Waals surface area contributed by atoms with Crippen LogP contribution < -0.4 is 20.8 Å². The van der Waals surface area contributed by atoms with Crippen molar-refractivity contribution in [3.8, 4) is 17.0 Å². The summed E-state index contributed by atoms with van der Waals surface area (Å²) in [4.78, 5) is 30.0. The van der Waals surface area contributed by atoms with E-state index in [0.717, 1.165) is 43.4 Å². The Morgan fingerprint density at radius 1 is 0.977 bits per heavy atom. The van der Waals surface area contributed by atoms with Gasteiger partial charge in [-0.1, -0.05) is 57.9 Å². The molecule has 0 spiro atoms. The monoisotopic (exact) mass is 667 g/mol. The van der Waals surface area contributed by atoms with E-state index in [-0.39, 0.29) is 18.4 Å². The van der Waals surface area contributed by atoms with Gasteiger partial charge in [0, 0.05) is 37.9 Å². The minimum absolute atomic E-state index is 0.183. The molecule has 44 heavy (non-hydrogen) atoms. The number of nitrogens with zero attached hydrogens (tertiary/aromatic N) is 2. The van der Waals surface area contributed by atoms with E-state index in [9.17, 15) is 9.59 Å². The van der Waals surface area contributed by atoms with Crippen LogP contribution in [0.25, 0.3) is 11.3 Å². The highest BCUT2D eigenvalue weighted by molar-refractivity contribution is 9.10. The number of halogens is 1. The van der Waals surface area contributed by atoms with Crippen molar-refractivity contribution in [1.82, 2.24) is 10.4 Å². The highest BCUT2D eigenvalue weighted by atomic mass is 79.9. The zero-order chi connectivity index (χ0) is 31.1. The molecular weight excluding hydrogens is 638 g/mol. The number of ether oxygens (including phenoxy) is 1. The molecule has 1 heterocycles. The zero-order valence-electron chi connectivity index (χ0n) is 24.4. The summed E-state index contributed by atoms with van der Waals surface area (Å²) in [6, 6.07) is 26.4. The summed E-state index contributed by atoms with van der Waals surface area (Å²) >= 11 is 4.96. The molecular formula is C34H30BrN5O3S. The normalized spacial score (nSPS) is 10.9. The van der Waals surface area contributed by atoms with Crippen LogP contribution in [0, 0.1) is 20.8 Å². The quantitative estimate of drug-likeness (QED) is 0.103. The molecule has 0 bridgehead atoms. The molecule has 0 aliphatic heterocycles. The molecule has 0 unspecified atom stereocenters. The molecule has 2 amide bonds. The van der Waals surface area contributed by atoms with Crippen LogP contribution in [0.1, 0.15) is 32.6 Å². The molecule has 5 rings (SSSR count). The van der Waals surface area contributed by atoms with Gasteiger partial charge in [-0.25, -0.2) is 10.4 Å². The lowest BCUT2D eigenvalue weighted by Crippen LogP contribution is -2.21. The maximum Gasteiger partial charge on any atom is 0.271 e. The first-order valence-corrected chi connectivity index (χ1v) is 15.4. The van der Waals surface area contributed by atoms with Crippen LogP contribution in [-0.2, 0) is 4.79 Å². The maximum atomic E-state index is 12.8. The van der Waals surface area contributed by atoms with Gasteiger partial charge < -0.3 is 15.4 Å². The van der Waals surface area contributed by atoms with Crippen molar-refractivity contribution in [2.24, 2.45) is 5.10 Å². The highest BCUT2D eigenvalue weighted by Crippen LogP contribution is 2.28. The predicted octanol–water partition coefficient (Wildman–Crippen LogP) is 8.02. The van der Waals surface area contributed by atoms with E-state index in [1.165, 1.54) is 23.1 Å². The van der Waals surface area contributed by atoms with Gasteiger partial charge >= 0.3 is 0 Å². The van der Waals surface area contributed by atoms with Crippen molar-refractivity contribution < 1.29 is 14.3 Å². The summed E-state index contributed by atoms with van der Waals surface area (Å²) in [7, 11) is 0. The number of aromatic nitrogens is 1. The smallest absolute Gasteiger partial charge is 0.271 e. The molecule has 0 atom stereocenters. The van der Waals surface area contributed by atoms with Crippen LogP contribution in [0.3, 0.4) is 0 Å². The van der Waals surface area contributed by atoms with E-state index in [1.54, 1.807) is 30.3 Å². The lowest BCUT2D eigenvalue weighted by Gasteiger charge is -2.12. The number of benzene rings is 4. The van der Waals surface area contributed by atoms with Crippen molar-refractivity contribution in [2.45, 2.75) is 20.8 Å². The maximum absolute atomic E-state index is 12.8. The Morgan fingerprint density at radius 3 is 2.52 bits per heavy atom. The minimum Gasteiger partial charge on any atom is -0.483 e. The van der Waals surface area contributed by atoms with Gasteiger partial charge in [0.25, 0.3) is 11.8 Å². The molecule has 0 fully saturated rings. The standard InChI is InChI=1S/C34H30BrN5O3S/c1-21-7-14-28(15-8-21)37-34-39-30(20-44-34)24-9-11-25(12-10-24)33(42)40-36-18-26-17-27(35)13-16-31(26)43-19-32(41)38-29-6-4-5-22(2)23(29)3/h4-18,20H,19H2,1-3H3,(H,37,39)(H,38,41)(H,40,42)/b36-18+. The molecule has 222 valence electrons. The Hall–Kier alpha value is -4.80. The summed E-state index contributed by atoms with van der Waals surface area (Å²) in [5.41, 5.74) is 10.3. The molecule has 0 aliphatic rings. The molecule has 0 saturated carbocycles. The van der Waals surface area contributed by atoms with Gasteiger partial charge in [0.05, 0.1) is 11.9 Å². The predicted molar refractivity (Wildman–Crippen MR) is 181 cm³/mol. The molecule has 0 aliphatic carbocycles. The van der Waals surface area contributed by atoms with Gasteiger partial charge in [-0.2, -0.15) is 5.10 Å². The van der Waals surface area contributed by atoms with E-state index < -0.39 is 0 Å². The van der Waals surface area contributed by atoms with Crippen molar-refractivity contribution in [3.63, 3.8) is 0 Å². The van der Waals surface area contributed by atoms with E-state index >= 15 is 0 Å². The number of hydrazone groups is 1. The second kappa shape index (κ2) is 14.1. The fourth-order valence-corrected chi connectivity index (χ4v) is 5.33. The average Bonchev–Trinajstić information content (AvgIpc) is 3.48. The van der Waals surface area contributed by atoms with Crippen molar-refractivity contribution in [1.29, 1.82) is 0 Å². The molecule has 1 aromatic heterocycles. The zero-order valence-corrected chi connectivity index (χ0v) is 26.8. The average molecular weight is 669 g/mol.